The summed E-state index contributed by atoms with van der Waals surface area (Å²) in [6.45, 7) is 3.20. The first-order chi connectivity index (χ1) is 9.76. The maximum absolute atomic E-state index is 12.2. The molecule has 0 spiro atoms. The van der Waals surface area contributed by atoms with Crippen molar-refractivity contribution in [3.05, 3.63) is 28.2 Å². The fraction of sp³-hybridized carbons (Fsp3) is 0.400. The highest BCUT2D eigenvalue weighted by atomic mass is 79.9. The van der Waals surface area contributed by atoms with E-state index in [0.29, 0.717) is 15.8 Å². The minimum absolute atomic E-state index is 0.144. The summed E-state index contributed by atoms with van der Waals surface area (Å²) in [5.41, 5.74) is -0.300. The Morgan fingerprint density at radius 1 is 1.38 bits per heavy atom. The predicted octanol–water partition coefficient (Wildman–Crippen LogP) is 2.43. The van der Waals surface area contributed by atoms with Crippen LogP contribution in [0.1, 0.15) is 30.6 Å². The number of nitrogens with zero attached hydrogens (tertiary/aromatic N) is 1. The highest BCUT2D eigenvalue weighted by molar-refractivity contribution is 9.10. The minimum Gasteiger partial charge on any atom is -0.496 e. The predicted molar refractivity (Wildman–Crippen MR) is 80.1 cm³/mol. The molecule has 5 nitrogen and oxygen atoms in total. The molecule has 1 heterocycles. The summed E-state index contributed by atoms with van der Waals surface area (Å²) in [5.74, 6) is -0.266. The summed E-state index contributed by atoms with van der Waals surface area (Å²) < 4.78 is 5.75. The lowest BCUT2D eigenvalue weighted by atomic mass is 9.92. The van der Waals surface area contributed by atoms with Gasteiger partial charge in [-0.15, -0.1) is 0 Å². The number of imide groups is 1. The van der Waals surface area contributed by atoms with Gasteiger partial charge in [-0.1, -0.05) is 13.8 Å². The molecular weight excluding hydrogens is 338 g/mol. The Kier molecular flexibility index (Phi) is 4.18. The molecule has 1 fully saturated rings. The summed E-state index contributed by atoms with van der Waals surface area (Å²) in [4.78, 5) is 37.2. The number of rotatable bonds is 4. The van der Waals surface area contributed by atoms with Crippen molar-refractivity contribution in [2.24, 2.45) is 5.41 Å². The van der Waals surface area contributed by atoms with Crippen molar-refractivity contribution in [1.29, 1.82) is 0 Å². The van der Waals surface area contributed by atoms with Gasteiger partial charge in [0.1, 0.15) is 5.75 Å². The van der Waals surface area contributed by atoms with Gasteiger partial charge in [-0.05, 0) is 34.1 Å². The van der Waals surface area contributed by atoms with Crippen LogP contribution >= 0.6 is 15.9 Å². The zero-order valence-corrected chi connectivity index (χ0v) is 13.7. The van der Waals surface area contributed by atoms with Crippen LogP contribution in [-0.4, -0.2) is 36.2 Å². The lowest BCUT2D eigenvalue weighted by molar-refractivity contribution is -0.140. The lowest BCUT2D eigenvalue weighted by Gasteiger charge is -2.17. The summed E-state index contributed by atoms with van der Waals surface area (Å²) in [5, 5.41) is 0. The Balaban J connectivity index is 2.17. The molecule has 0 radical (unpaired) electrons. The van der Waals surface area contributed by atoms with Crippen LogP contribution in [0.25, 0.3) is 0 Å². The number of benzene rings is 1. The quantitative estimate of drug-likeness (QED) is 0.615. The van der Waals surface area contributed by atoms with Crippen molar-refractivity contribution >= 4 is 33.5 Å². The van der Waals surface area contributed by atoms with Crippen LogP contribution in [0.2, 0.25) is 0 Å². The Morgan fingerprint density at radius 3 is 2.52 bits per heavy atom. The Bertz CT molecular complexity index is 624. The molecule has 1 aromatic carbocycles. The number of hydrogen-bond donors (Lipinski definition) is 0. The van der Waals surface area contributed by atoms with Gasteiger partial charge in [0.05, 0.1) is 23.5 Å². The number of amides is 2. The molecule has 1 aromatic rings. The Morgan fingerprint density at radius 2 is 2.05 bits per heavy atom. The highest BCUT2D eigenvalue weighted by Crippen LogP contribution is 2.32. The van der Waals surface area contributed by atoms with Gasteiger partial charge in [0.25, 0.3) is 0 Å². The van der Waals surface area contributed by atoms with E-state index < -0.39 is 5.41 Å². The normalized spacial score (nSPS) is 17.2. The van der Waals surface area contributed by atoms with E-state index >= 15 is 0 Å². The zero-order valence-electron chi connectivity index (χ0n) is 12.1. The molecule has 0 unspecified atom stereocenters. The van der Waals surface area contributed by atoms with Gasteiger partial charge in [0.15, 0.2) is 5.78 Å². The van der Waals surface area contributed by atoms with Crippen molar-refractivity contribution in [2.75, 3.05) is 13.7 Å². The third-order valence-corrected chi connectivity index (χ3v) is 4.11. The van der Waals surface area contributed by atoms with Gasteiger partial charge in [0, 0.05) is 12.0 Å². The molecule has 1 saturated heterocycles. The second-order valence-corrected chi connectivity index (χ2v) is 6.47. The van der Waals surface area contributed by atoms with Crippen LogP contribution < -0.4 is 4.74 Å². The first kappa shape index (κ1) is 15.7. The van der Waals surface area contributed by atoms with Gasteiger partial charge < -0.3 is 4.74 Å². The Hall–Kier alpha value is -1.69. The van der Waals surface area contributed by atoms with Gasteiger partial charge in [-0.2, -0.15) is 0 Å². The molecule has 2 amide bonds. The maximum atomic E-state index is 12.2. The van der Waals surface area contributed by atoms with Crippen LogP contribution in [0.4, 0.5) is 0 Å². The SMILES string of the molecule is COc1ccc(C(=O)CN2C(=O)CC(C)(C)C2=O)cc1Br. The third-order valence-electron chi connectivity index (χ3n) is 3.49. The van der Waals surface area contributed by atoms with E-state index in [9.17, 15) is 14.4 Å². The fourth-order valence-corrected chi connectivity index (χ4v) is 2.80. The van der Waals surface area contributed by atoms with Crippen LogP contribution in [-0.2, 0) is 9.59 Å². The van der Waals surface area contributed by atoms with E-state index in [1.54, 1.807) is 32.0 Å². The largest absolute Gasteiger partial charge is 0.496 e. The first-order valence-corrected chi connectivity index (χ1v) is 7.27. The maximum Gasteiger partial charge on any atom is 0.235 e. The van der Waals surface area contributed by atoms with E-state index in [1.807, 2.05) is 0 Å². The molecule has 0 bridgehead atoms. The molecule has 21 heavy (non-hydrogen) atoms. The molecule has 0 saturated carbocycles. The highest BCUT2D eigenvalue weighted by Gasteiger charge is 2.45. The third kappa shape index (κ3) is 3.00. The van der Waals surface area contributed by atoms with Crippen molar-refractivity contribution in [1.82, 2.24) is 4.90 Å². The monoisotopic (exact) mass is 353 g/mol. The second kappa shape index (κ2) is 5.60. The molecule has 6 heteroatoms. The Labute approximate surface area is 131 Å². The number of carbonyl (C=O) groups excluding carboxylic acids is 3. The number of halogens is 1. The average Bonchev–Trinajstić information content (AvgIpc) is 2.60. The number of carbonyl (C=O) groups is 3. The van der Waals surface area contributed by atoms with Crippen LogP contribution in [0.5, 0.6) is 5.75 Å². The molecule has 1 aliphatic rings. The molecule has 112 valence electrons. The molecule has 0 aliphatic carbocycles. The van der Waals surface area contributed by atoms with Crippen LogP contribution in [0.15, 0.2) is 22.7 Å². The van der Waals surface area contributed by atoms with E-state index in [4.69, 9.17) is 4.74 Å². The van der Waals surface area contributed by atoms with E-state index in [-0.39, 0.29) is 30.6 Å². The number of ether oxygens (including phenoxy) is 1. The van der Waals surface area contributed by atoms with E-state index in [0.717, 1.165) is 4.90 Å². The molecule has 1 aliphatic heterocycles. The van der Waals surface area contributed by atoms with E-state index in [1.165, 1.54) is 7.11 Å². The van der Waals surface area contributed by atoms with Crippen LogP contribution in [0, 0.1) is 5.41 Å². The first-order valence-electron chi connectivity index (χ1n) is 6.48. The molecule has 0 aromatic heterocycles. The number of hydrogen-bond acceptors (Lipinski definition) is 4. The standard InChI is InChI=1S/C15H16BrNO4/c1-15(2)7-13(19)17(14(15)20)8-11(18)9-4-5-12(21-3)10(16)6-9/h4-6H,7-8H2,1-3H3. The smallest absolute Gasteiger partial charge is 0.235 e. The van der Waals surface area contributed by atoms with Gasteiger partial charge >= 0.3 is 0 Å². The van der Waals surface area contributed by atoms with Crippen molar-refractivity contribution < 1.29 is 19.1 Å². The average molecular weight is 354 g/mol. The summed E-state index contributed by atoms with van der Waals surface area (Å²) >= 11 is 3.31. The van der Waals surface area contributed by atoms with Crippen LogP contribution in [0.3, 0.4) is 0 Å². The van der Waals surface area contributed by atoms with E-state index in [2.05, 4.69) is 15.9 Å². The molecule has 2 rings (SSSR count). The summed E-state index contributed by atoms with van der Waals surface area (Å²) in [6.07, 6.45) is 0.144. The minimum atomic E-state index is -0.724. The van der Waals surface area contributed by atoms with Crippen molar-refractivity contribution in [3.8, 4) is 5.75 Å². The van der Waals surface area contributed by atoms with Gasteiger partial charge in [0.2, 0.25) is 11.8 Å². The van der Waals surface area contributed by atoms with Crippen molar-refractivity contribution in [3.63, 3.8) is 0 Å². The van der Waals surface area contributed by atoms with Gasteiger partial charge in [-0.3, -0.25) is 19.3 Å². The topological polar surface area (TPSA) is 63.7 Å². The number of methoxy groups -OCH3 is 1. The zero-order chi connectivity index (χ0) is 15.8. The number of Topliss-reactive ketones (excluding diaryl/α,β-unsaturated/α-hetero) is 1. The molecule has 0 N–H and O–H groups in total. The number of ketones is 1. The molecule has 0 atom stereocenters. The molecular formula is C15H16BrNO4. The number of likely N-dealkylation sites (tertiary alicyclic amines) is 1. The fourth-order valence-electron chi connectivity index (χ4n) is 2.26. The summed E-state index contributed by atoms with van der Waals surface area (Å²) in [7, 11) is 1.53. The second-order valence-electron chi connectivity index (χ2n) is 5.62. The van der Waals surface area contributed by atoms with Crippen molar-refractivity contribution in [2.45, 2.75) is 20.3 Å². The summed E-state index contributed by atoms with van der Waals surface area (Å²) in [6, 6.07) is 4.90. The van der Waals surface area contributed by atoms with Gasteiger partial charge in [-0.25, -0.2) is 0 Å². The lowest BCUT2D eigenvalue weighted by Crippen LogP contribution is -2.37.